The number of anilines is 1. The summed E-state index contributed by atoms with van der Waals surface area (Å²) in [5.74, 6) is -0.793. The van der Waals surface area contributed by atoms with Gasteiger partial charge in [0.2, 0.25) is 10.0 Å². The van der Waals surface area contributed by atoms with Crippen molar-refractivity contribution < 1.29 is 27.5 Å². The van der Waals surface area contributed by atoms with Crippen molar-refractivity contribution in [2.75, 3.05) is 31.6 Å². The minimum atomic E-state index is -3.58. The van der Waals surface area contributed by atoms with E-state index in [1.165, 1.54) is 16.4 Å². The van der Waals surface area contributed by atoms with Crippen LogP contribution in [0.5, 0.6) is 5.75 Å². The molecule has 0 spiro atoms. The van der Waals surface area contributed by atoms with Gasteiger partial charge in [0, 0.05) is 23.2 Å². The van der Waals surface area contributed by atoms with Crippen molar-refractivity contribution in [3.8, 4) is 5.75 Å². The van der Waals surface area contributed by atoms with E-state index >= 15 is 0 Å². The zero-order chi connectivity index (χ0) is 21.6. The molecule has 30 heavy (non-hydrogen) atoms. The number of rotatable bonds is 8. The van der Waals surface area contributed by atoms with Gasteiger partial charge in [-0.05, 0) is 49.2 Å². The number of hydrogen-bond acceptors (Lipinski definition) is 6. The molecule has 1 aliphatic heterocycles. The van der Waals surface area contributed by atoms with Crippen LogP contribution in [-0.4, -0.2) is 50.9 Å². The maximum atomic E-state index is 12.6. The Morgan fingerprint density at radius 3 is 2.50 bits per heavy atom. The van der Waals surface area contributed by atoms with E-state index in [-0.39, 0.29) is 11.5 Å². The normalized spacial score (nSPS) is 14.3. The molecule has 0 bridgehead atoms. The fourth-order valence-corrected chi connectivity index (χ4v) is 4.84. The number of carbonyl (C=O) groups is 2. The summed E-state index contributed by atoms with van der Waals surface area (Å²) in [7, 11) is -3.58. The van der Waals surface area contributed by atoms with Gasteiger partial charge in [0.15, 0.2) is 13.2 Å². The maximum Gasteiger partial charge on any atom is 0.344 e. The number of esters is 1. The van der Waals surface area contributed by atoms with Gasteiger partial charge >= 0.3 is 5.97 Å². The van der Waals surface area contributed by atoms with E-state index in [1.54, 1.807) is 30.3 Å². The average molecular weight is 497 g/mol. The lowest BCUT2D eigenvalue weighted by atomic mass is 10.3. The Morgan fingerprint density at radius 1 is 1.03 bits per heavy atom. The van der Waals surface area contributed by atoms with Gasteiger partial charge in [-0.3, -0.25) is 4.79 Å². The van der Waals surface area contributed by atoms with Crippen LogP contribution >= 0.6 is 15.9 Å². The lowest BCUT2D eigenvalue weighted by Crippen LogP contribution is -2.28. The second-order valence-electron chi connectivity index (χ2n) is 6.59. The smallest absolute Gasteiger partial charge is 0.344 e. The Bertz CT molecular complexity index is 1020. The van der Waals surface area contributed by atoms with Crippen molar-refractivity contribution in [2.24, 2.45) is 0 Å². The summed E-state index contributed by atoms with van der Waals surface area (Å²) in [5.41, 5.74) is 0.307. The molecule has 1 saturated heterocycles. The zero-order valence-corrected chi connectivity index (χ0v) is 18.4. The van der Waals surface area contributed by atoms with Crippen molar-refractivity contribution >= 4 is 43.5 Å². The summed E-state index contributed by atoms with van der Waals surface area (Å²) in [6.45, 7) is 0.144. The number of halogens is 1. The van der Waals surface area contributed by atoms with E-state index in [0.717, 1.165) is 17.3 Å². The minimum Gasteiger partial charge on any atom is -0.482 e. The van der Waals surface area contributed by atoms with Gasteiger partial charge in [-0.2, -0.15) is 4.31 Å². The van der Waals surface area contributed by atoms with Crippen LogP contribution in [0.2, 0.25) is 0 Å². The first-order valence-electron chi connectivity index (χ1n) is 9.29. The molecule has 1 amide bonds. The quantitative estimate of drug-likeness (QED) is 0.563. The van der Waals surface area contributed by atoms with Crippen molar-refractivity contribution in [1.29, 1.82) is 0 Å². The molecule has 1 N–H and O–H groups in total. The molecule has 1 fully saturated rings. The Balaban J connectivity index is 1.49. The highest BCUT2D eigenvalue weighted by Gasteiger charge is 2.27. The number of ether oxygens (including phenoxy) is 2. The van der Waals surface area contributed by atoms with Gasteiger partial charge in [-0.1, -0.05) is 28.1 Å². The van der Waals surface area contributed by atoms with Crippen LogP contribution in [0, 0.1) is 0 Å². The average Bonchev–Trinajstić information content (AvgIpc) is 3.27. The summed E-state index contributed by atoms with van der Waals surface area (Å²) in [5, 5.41) is 2.54. The Kier molecular flexibility index (Phi) is 7.46. The molecular weight excluding hydrogens is 476 g/mol. The molecule has 0 aliphatic carbocycles. The lowest BCUT2D eigenvalue weighted by molar-refractivity contribution is -0.149. The molecule has 2 aromatic carbocycles. The van der Waals surface area contributed by atoms with Crippen molar-refractivity contribution in [3.05, 3.63) is 53.0 Å². The molecule has 160 valence electrons. The van der Waals surface area contributed by atoms with Gasteiger partial charge in [0.25, 0.3) is 5.91 Å². The summed E-state index contributed by atoms with van der Waals surface area (Å²) < 4.78 is 37.7. The highest BCUT2D eigenvalue weighted by molar-refractivity contribution is 9.10. The Morgan fingerprint density at radius 2 is 1.77 bits per heavy atom. The first-order valence-corrected chi connectivity index (χ1v) is 11.5. The number of benzene rings is 2. The monoisotopic (exact) mass is 496 g/mol. The van der Waals surface area contributed by atoms with Gasteiger partial charge in [0.05, 0.1) is 4.90 Å². The number of nitrogens with zero attached hydrogens (tertiary/aromatic N) is 1. The second-order valence-corrected chi connectivity index (χ2v) is 9.45. The molecule has 1 aliphatic rings. The molecular formula is C20H21BrN2O6S. The summed E-state index contributed by atoms with van der Waals surface area (Å²) >= 11 is 3.30. The minimum absolute atomic E-state index is 0.113. The molecule has 0 radical (unpaired) electrons. The van der Waals surface area contributed by atoms with Gasteiger partial charge < -0.3 is 14.8 Å². The first-order chi connectivity index (χ1) is 14.3. The van der Waals surface area contributed by atoms with E-state index in [4.69, 9.17) is 9.47 Å². The van der Waals surface area contributed by atoms with Crippen molar-refractivity contribution in [3.63, 3.8) is 0 Å². The molecule has 0 unspecified atom stereocenters. The van der Waals surface area contributed by atoms with Crippen LogP contribution in [0.1, 0.15) is 12.8 Å². The maximum absolute atomic E-state index is 12.6. The van der Waals surface area contributed by atoms with Crippen LogP contribution in [0.3, 0.4) is 0 Å². The van der Waals surface area contributed by atoms with Crippen LogP contribution < -0.4 is 10.1 Å². The third kappa shape index (κ3) is 6.04. The van der Waals surface area contributed by atoms with E-state index in [2.05, 4.69) is 21.2 Å². The molecule has 3 rings (SSSR count). The van der Waals surface area contributed by atoms with Crippen LogP contribution in [0.15, 0.2) is 57.9 Å². The molecule has 0 saturated carbocycles. The van der Waals surface area contributed by atoms with Gasteiger partial charge in [-0.25, -0.2) is 13.2 Å². The highest BCUT2D eigenvalue weighted by Crippen LogP contribution is 2.23. The Hall–Kier alpha value is -2.43. The topological polar surface area (TPSA) is 102 Å². The van der Waals surface area contributed by atoms with Gasteiger partial charge in [0.1, 0.15) is 5.75 Å². The van der Waals surface area contributed by atoms with Crippen LogP contribution in [0.4, 0.5) is 5.69 Å². The van der Waals surface area contributed by atoms with Crippen molar-refractivity contribution in [2.45, 2.75) is 17.7 Å². The van der Waals surface area contributed by atoms with E-state index in [9.17, 15) is 18.0 Å². The molecule has 0 aromatic heterocycles. The van der Waals surface area contributed by atoms with Crippen LogP contribution in [0.25, 0.3) is 0 Å². The zero-order valence-electron chi connectivity index (χ0n) is 16.0. The van der Waals surface area contributed by atoms with E-state index in [1.807, 2.05) is 6.07 Å². The number of carbonyl (C=O) groups excluding carboxylic acids is 2. The summed E-state index contributed by atoms with van der Waals surface area (Å²) in [6.07, 6.45) is 1.68. The van der Waals surface area contributed by atoms with Crippen LogP contribution in [-0.2, 0) is 24.3 Å². The van der Waals surface area contributed by atoms with E-state index < -0.39 is 28.5 Å². The fraction of sp³-hybridized carbons (Fsp3) is 0.300. The summed E-state index contributed by atoms with van der Waals surface area (Å²) in [6, 6.07) is 13.0. The SMILES string of the molecule is O=C(COC(=O)COc1cccc(Br)c1)Nc1cccc(S(=O)(=O)N2CCCC2)c1. The summed E-state index contributed by atoms with van der Waals surface area (Å²) in [4.78, 5) is 23.9. The first kappa shape index (κ1) is 22.3. The van der Waals surface area contributed by atoms with E-state index in [0.29, 0.717) is 24.5 Å². The second kappa shape index (κ2) is 10.1. The third-order valence-electron chi connectivity index (χ3n) is 4.34. The number of sulfonamides is 1. The predicted molar refractivity (Wildman–Crippen MR) is 114 cm³/mol. The molecule has 10 heteroatoms. The predicted octanol–water partition coefficient (Wildman–Crippen LogP) is 2.79. The highest BCUT2D eigenvalue weighted by atomic mass is 79.9. The van der Waals surface area contributed by atoms with Gasteiger partial charge in [-0.15, -0.1) is 0 Å². The Labute approximate surface area is 183 Å². The standard InChI is InChI=1S/C20H21BrN2O6S/c21-15-5-3-7-17(11-15)28-14-20(25)29-13-19(24)22-16-6-4-8-18(12-16)30(26,27)23-9-1-2-10-23/h3-8,11-12H,1-2,9-10,13-14H2,(H,22,24). The lowest BCUT2D eigenvalue weighted by Gasteiger charge is -2.16. The molecule has 2 aromatic rings. The third-order valence-corrected chi connectivity index (χ3v) is 6.73. The molecule has 0 atom stereocenters. The molecule has 1 heterocycles. The largest absolute Gasteiger partial charge is 0.482 e. The number of nitrogens with one attached hydrogen (secondary N) is 1. The molecule has 8 nitrogen and oxygen atoms in total. The number of hydrogen-bond donors (Lipinski definition) is 1. The fourth-order valence-electron chi connectivity index (χ4n) is 2.90. The number of amides is 1. The van der Waals surface area contributed by atoms with Crippen molar-refractivity contribution in [1.82, 2.24) is 4.31 Å².